The first kappa shape index (κ1) is 11.9. The number of anilines is 1. The van der Waals surface area contributed by atoms with E-state index in [1.807, 2.05) is 17.8 Å². The molecule has 1 heterocycles. The van der Waals surface area contributed by atoms with Gasteiger partial charge in [-0.2, -0.15) is 5.10 Å². The third kappa shape index (κ3) is 2.97. The highest BCUT2D eigenvalue weighted by Crippen LogP contribution is 2.22. The molecule has 0 saturated heterocycles. The first-order chi connectivity index (χ1) is 8.16. The Morgan fingerprint density at radius 3 is 2.94 bits per heavy atom. The minimum atomic E-state index is -0.294. The third-order valence-corrected chi connectivity index (χ3v) is 2.88. The summed E-state index contributed by atoms with van der Waals surface area (Å²) >= 11 is 5.94. The van der Waals surface area contributed by atoms with Crippen LogP contribution in [0.15, 0.2) is 30.5 Å². The Bertz CT molecular complexity index is 510. The number of hydrogen-bond acceptors (Lipinski definition) is 2. The van der Waals surface area contributed by atoms with Crippen molar-refractivity contribution in [2.75, 3.05) is 11.9 Å². The van der Waals surface area contributed by atoms with Gasteiger partial charge in [-0.05, 0) is 24.3 Å². The van der Waals surface area contributed by atoms with Gasteiger partial charge in [0, 0.05) is 31.9 Å². The van der Waals surface area contributed by atoms with Crippen molar-refractivity contribution in [3.8, 4) is 0 Å². The van der Waals surface area contributed by atoms with E-state index in [-0.39, 0.29) is 5.82 Å². The highest BCUT2D eigenvalue weighted by atomic mass is 35.5. The molecule has 3 nitrogen and oxygen atoms in total. The Hall–Kier alpha value is -1.55. The molecule has 0 atom stereocenters. The van der Waals surface area contributed by atoms with Gasteiger partial charge in [0.2, 0.25) is 0 Å². The second-order valence-corrected chi connectivity index (χ2v) is 4.15. The number of rotatable bonds is 4. The zero-order valence-electron chi connectivity index (χ0n) is 9.45. The first-order valence-electron chi connectivity index (χ1n) is 5.32. The molecule has 0 unspecified atom stereocenters. The lowest BCUT2D eigenvalue weighted by Gasteiger charge is -2.08. The predicted molar refractivity (Wildman–Crippen MR) is 66.8 cm³/mol. The standard InChI is InChI=1S/C12H13ClFN3/c1-17-10(5-7-16-17)4-6-15-12-8-9(14)2-3-11(12)13/h2-3,5,7-8,15H,4,6H2,1H3. The lowest BCUT2D eigenvalue weighted by atomic mass is 10.2. The van der Waals surface area contributed by atoms with Gasteiger partial charge < -0.3 is 5.32 Å². The highest BCUT2D eigenvalue weighted by Gasteiger charge is 2.02. The molecule has 0 aliphatic heterocycles. The SMILES string of the molecule is Cn1nccc1CCNc1cc(F)ccc1Cl. The largest absolute Gasteiger partial charge is 0.383 e. The maximum atomic E-state index is 13.0. The monoisotopic (exact) mass is 253 g/mol. The summed E-state index contributed by atoms with van der Waals surface area (Å²) in [6, 6.07) is 6.23. The van der Waals surface area contributed by atoms with E-state index in [1.54, 1.807) is 12.3 Å². The summed E-state index contributed by atoms with van der Waals surface area (Å²) in [7, 11) is 1.89. The lowest BCUT2D eigenvalue weighted by molar-refractivity contribution is 0.628. The van der Waals surface area contributed by atoms with Crippen LogP contribution in [0.25, 0.3) is 0 Å². The molecule has 2 rings (SSSR count). The molecule has 0 aliphatic rings. The van der Waals surface area contributed by atoms with Crippen molar-refractivity contribution in [1.82, 2.24) is 9.78 Å². The van der Waals surface area contributed by atoms with E-state index in [2.05, 4.69) is 10.4 Å². The number of benzene rings is 1. The normalized spacial score (nSPS) is 10.5. The number of aromatic nitrogens is 2. The molecule has 0 saturated carbocycles. The van der Waals surface area contributed by atoms with Crippen molar-refractivity contribution in [2.45, 2.75) is 6.42 Å². The molecule has 2 aromatic rings. The van der Waals surface area contributed by atoms with Crippen LogP contribution in [-0.2, 0) is 13.5 Å². The van der Waals surface area contributed by atoms with E-state index in [0.717, 1.165) is 12.1 Å². The van der Waals surface area contributed by atoms with E-state index in [0.29, 0.717) is 17.3 Å². The van der Waals surface area contributed by atoms with Crippen LogP contribution in [-0.4, -0.2) is 16.3 Å². The van der Waals surface area contributed by atoms with Gasteiger partial charge >= 0.3 is 0 Å². The molecule has 0 radical (unpaired) electrons. The van der Waals surface area contributed by atoms with Crippen LogP contribution < -0.4 is 5.32 Å². The maximum Gasteiger partial charge on any atom is 0.125 e. The van der Waals surface area contributed by atoms with Gasteiger partial charge in [0.1, 0.15) is 5.82 Å². The van der Waals surface area contributed by atoms with Crippen LogP contribution in [0, 0.1) is 5.82 Å². The Kier molecular flexibility index (Phi) is 3.64. The van der Waals surface area contributed by atoms with Crippen molar-refractivity contribution >= 4 is 17.3 Å². The van der Waals surface area contributed by atoms with Gasteiger partial charge in [-0.1, -0.05) is 11.6 Å². The van der Waals surface area contributed by atoms with Crippen LogP contribution in [0.3, 0.4) is 0 Å². The van der Waals surface area contributed by atoms with Crippen molar-refractivity contribution < 1.29 is 4.39 Å². The molecule has 17 heavy (non-hydrogen) atoms. The summed E-state index contributed by atoms with van der Waals surface area (Å²) in [5.74, 6) is -0.294. The molecule has 0 aliphatic carbocycles. The van der Waals surface area contributed by atoms with Crippen molar-refractivity contribution in [3.63, 3.8) is 0 Å². The number of hydrogen-bond donors (Lipinski definition) is 1. The topological polar surface area (TPSA) is 29.9 Å². The lowest BCUT2D eigenvalue weighted by Crippen LogP contribution is -2.08. The fraction of sp³-hybridized carbons (Fsp3) is 0.250. The van der Waals surface area contributed by atoms with Crippen LogP contribution in [0.4, 0.5) is 10.1 Å². The van der Waals surface area contributed by atoms with E-state index in [1.165, 1.54) is 12.1 Å². The smallest absolute Gasteiger partial charge is 0.125 e. The van der Waals surface area contributed by atoms with Crippen LogP contribution in [0.5, 0.6) is 0 Å². The number of nitrogens with one attached hydrogen (secondary N) is 1. The molecule has 0 amide bonds. The van der Waals surface area contributed by atoms with Gasteiger partial charge in [-0.3, -0.25) is 4.68 Å². The average molecular weight is 254 g/mol. The highest BCUT2D eigenvalue weighted by molar-refractivity contribution is 6.33. The Morgan fingerprint density at radius 2 is 2.24 bits per heavy atom. The van der Waals surface area contributed by atoms with E-state index < -0.39 is 0 Å². The van der Waals surface area contributed by atoms with Gasteiger partial charge in [-0.25, -0.2) is 4.39 Å². The Balaban J connectivity index is 1.94. The van der Waals surface area contributed by atoms with Crippen LogP contribution in [0.2, 0.25) is 5.02 Å². The minimum absolute atomic E-state index is 0.294. The fourth-order valence-electron chi connectivity index (χ4n) is 1.60. The number of aryl methyl sites for hydroxylation is 1. The van der Waals surface area contributed by atoms with Gasteiger partial charge in [0.05, 0.1) is 10.7 Å². The molecule has 1 aromatic carbocycles. The average Bonchev–Trinajstić information content (AvgIpc) is 2.70. The van der Waals surface area contributed by atoms with E-state index in [4.69, 9.17) is 11.6 Å². The molecule has 0 bridgehead atoms. The zero-order valence-corrected chi connectivity index (χ0v) is 10.2. The van der Waals surface area contributed by atoms with E-state index >= 15 is 0 Å². The first-order valence-corrected chi connectivity index (χ1v) is 5.70. The molecule has 0 fully saturated rings. The number of halogens is 2. The van der Waals surface area contributed by atoms with Gasteiger partial charge in [0.25, 0.3) is 0 Å². The number of nitrogens with zero attached hydrogens (tertiary/aromatic N) is 2. The van der Waals surface area contributed by atoms with Gasteiger partial charge in [0.15, 0.2) is 0 Å². The summed E-state index contributed by atoms with van der Waals surface area (Å²) in [4.78, 5) is 0. The predicted octanol–water partition coefficient (Wildman–Crippen LogP) is 2.87. The molecule has 90 valence electrons. The van der Waals surface area contributed by atoms with Crippen molar-refractivity contribution in [3.05, 3.63) is 47.0 Å². The summed E-state index contributed by atoms with van der Waals surface area (Å²) in [6.07, 6.45) is 2.56. The maximum absolute atomic E-state index is 13.0. The quantitative estimate of drug-likeness (QED) is 0.908. The Morgan fingerprint density at radius 1 is 1.41 bits per heavy atom. The minimum Gasteiger partial charge on any atom is -0.383 e. The molecular weight excluding hydrogens is 241 g/mol. The van der Waals surface area contributed by atoms with Crippen molar-refractivity contribution in [2.24, 2.45) is 7.05 Å². The molecule has 0 spiro atoms. The van der Waals surface area contributed by atoms with Crippen molar-refractivity contribution in [1.29, 1.82) is 0 Å². The fourth-order valence-corrected chi connectivity index (χ4v) is 1.79. The summed E-state index contributed by atoms with van der Waals surface area (Å²) < 4.78 is 14.8. The van der Waals surface area contributed by atoms with Gasteiger partial charge in [-0.15, -0.1) is 0 Å². The van der Waals surface area contributed by atoms with Crippen LogP contribution in [0.1, 0.15) is 5.69 Å². The third-order valence-electron chi connectivity index (χ3n) is 2.55. The van der Waals surface area contributed by atoms with E-state index in [9.17, 15) is 4.39 Å². The zero-order chi connectivity index (χ0) is 12.3. The molecular formula is C12H13ClFN3. The second kappa shape index (κ2) is 5.19. The second-order valence-electron chi connectivity index (χ2n) is 3.75. The molecule has 5 heteroatoms. The summed E-state index contributed by atoms with van der Waals surface area (Å²) in [5.41, 5.74) is 1.74. The molecule has 1 aromatic heterocycles. The summed E-state index contributed by atoms with van der Waals surface area (Å²) in [5, 5.41) is 7.71. The summed E-state index contributed by atoms with van der Waals surface area (Å²) in [6.45, 7) is 0.683. The van der Waals surface area contributed by atoms with Crippen LogP contribution >= 0.6 is 11.6 Å². The molecule has 1 N–H and O–H groups in total. The Labute approximate surface area is 104 Å².